The summed E-state index contributed by atoms with van der Waals surface area (Å²) in [6.45, 7) is 3.09. The van der Waals surface area contributed by atoms with Crippen molar-refractivity contribution in [3.05, 3.63) is 87.4 Å². The Bertz CT molecular complexity index is 893. The molecule has 3 aromatic carbocycles. The Hall–Kier alpha value is -2.36. The van der Waals surface area contributed by atoms with Gasteiger partial charge in [-0.1, -0.05) is 53.0 Å². The average Bonchev–Trinajstić information content (AvgIpc) is 2.67. The van der Waals surface area contributed by atoms with Gasteiger partial charge in [-0.15, -0.1) is 0 Å². The van der Waals surface area contributed by atoms with Gasteiger partial charge >= 0.3 is 0 Å². The maximum Gasteiger partial charge on any atom is 0.180 e. The molecule has 0 aliphatic rings. The third-order valence-corrected chi connectivity index (χ3v) is 4.67. The zero-order chi connectivity index (χ0) is 19.2. The Labute approximate surface area is 169 Å². The highest BCUT2D eigenvalue weighted by Gasteiger charge is 2.12. The van der Waals surface area contributed by atoms with Crippen molar-refractivity contribution in [2.45, 2.75) is 20.1 Å². The van der Waals surface area contributed by atoms with E-state index in [0.29, 0.717) is 34.7 Å². The minimum absolute atomic E-state index is 0.429. The zero-order valence-electron chi connectivity index (χ0n) is 15.3. The fourth-order valence-corrected chi connectivity index (χ4v) is 3.04. The van der Waals surface area contributed by atoms with Gasteiger partial charge in [0.2, 0.25) is 0 Å². The third kappa shape index (κ3) is 5.31. The molecule has 0 fully saturated rings. The number of hydrogen-bond acceptors (Lipinski definition) is 3. The van der Waals surface area contributed by atoms with E-state index < -0.39 is 0 Å². The van der Waals surface area contributed by atoms with Crippen LogP contribution in [0.1, 0.15) is 16.7 Å². The van der Waals surface area contributed by atoms with Crippen LogP contribution in [0, 0.1) is 6.92 Å². The van der Waals surface area contributed by atoms with Crippen LogP contribution in [0.15, 0.2) is 60.7 Å². The first-order valence-electron chi connectivity index (χ1n) is 8.59. The van der Waals surface area contributed by atoms with E-state index in [2.05, 4.69) is 24.4 Å². The van der Waals surface area contributed by atoms with Gasteiger partial charge in [-0.2, -0.15) is 0 Å². The van der Waals surface area contributed by atoms with Gasteiger partial charge in [-0.3, -0.25) is 0 Å². The van der Waals surface area contributed by atoms with E-state index in [-0.39, 0.29) is 0 Å². The van der Waals surface area contributed by atoms with E-state index in [0.717, 1.165) is 16.8 Å². The Kier molecular flexibility index (Phi) is 6.49. The fraction of sp³-hybridized carbons (Fsp3) is 0.182. The highest BCUT2D eigenvalue weighted by atomic mass is 35.5. The average molecular weight is 402 g/mol. The Morgan fingerprint density at radius 3 is 2.26 bits per heavy atom. The number of halogens is 2. The van der Waals surface area contributed by atoms with Crippen LogP contribution in [0.5, 0.6) is 11.5 Å². The molecule has 0 bridgehead atoms. The van der Waals surface area contributed by atoms with Crippen LogP contribution in [-0.4, -0.2) is 7.11 Å². The van der Waals surface area contributed by atoms with Gasteiger partial charge in [0.05, 0.1) is 12.1 Å². The molecule has 0 atom stereocenters. The molecular weight excluding hydrogens is 381 g/mol. The number of benzene rings is 3. The van der Waals surface area contributed by atoms with Gasteiger partial charge < -0.3 is 14.8 Å². The Balaban J connectivity index is 1.70. The van der Waals surface area contributed by atoms with Crippen LogP contribution in [0.2, 0.25) is 10.0 Å². The summed E-state index contributed by atoms with van der Waals surface area (Å²) < 4.78 is 11.4. The smallest absolute Gasteiger partial charge is 0.180 e. The van der Waals surface area contributed by atoms with Crippen molar-refractivity contribution in [3.8, 4) is 11.5 Å². The lowest BCUT2D eigenvalue weighted by molar-refractivity contribution is 0.284. The minimum Gasteiger partial charge on any atom is -0.493 e. The quantitative estimate of drug-likeness (QED) is 0.489. The van der Waals surface area contributed by atoms with Crippen LogP contribution in [0.3, 0.4) is 0 Å². The minimum atomic E-state index is 0.429. The second kappa shape index (κ2) is 9.03. The van der Waals surface area contributed by atoms with Crippen molar-refractivity contribution in [1.82, 2.24) is 0 Å². The number of rotatable bonds is 7. The SMILES string of the molecule is COc1cc(CNc2ccc(Cl)cc2)cc(Cl)c1OCc1ccc(C)cc1. The first-order valence-corrected chi connectivity index (χ1v) is 9.35. The summed E-state index contributed by atoms with van der Waals surface area (Å²) in [7, 11) is 1.61. The molecule has 0 aliphatic heterocycles. The largest absolute Gasteiger partial charge is 0.493 e. The van der Waals surface area contributed by atoms with Gasteiger partial charge in [-0.05, 0) is 54.4 Å². The number of nitrogens with one attached hydrogen (secondary N) is 1. The summed E-state index contributed by atoms with van der Waals surface area (Å²) in [5.41, 5.74) is 4.27. The van der Waals surface area contributed by atoms with Crippen molar-refractivity contribution in [2.24, 2.45) is 0 Å². The molecule has 1 N–H and O–H groups in total. The summed E-state index contributed by atoms with van der Waals surface area (Å²) in [6.07, 6.45) is 0. The molecule has 27 heavy (non-hydrogen) atoms. The second-order valence-corrected chi connectivity index (χ2v) is 7.09. The molecule has 0 radical (unpaired) electrons. The van der Waals surface area contributed by atoms with Crippen LogP contribution in [0.4, 0.5) is 5.69 Å². The molecule has 0 saturated heterocycles. The predicted molar refractivity (Wildman–Crippen MR) is 112 cm³/mol. The molecule has 0 heterocycles. The normalized spacial score (nSPS) is 10.5. The summed E-state index contributed by atoms with van der Waals surface area (Å²) >= 11 is 12.4. The van der Waals surface area contributed by atoms with Crippen molar-refractivity contribution in [1.29, 1.82) is 0 Å². The van der Waals surface area contributed by atoms with Gasteiger partial charge in [0.25, 0.3) is 0 Å². The second-order valence-electron chi connectivity index (χ2n) is 6.24. The summed E-state index contributed by atoms with van der Waals surface area (Å²) in [5, 5.41) is 4.57. The van der Waals surface area contributed by atoms with Gasteiger partial charge in [0, 0.05) is 17.3 Å². The fourth-order valence-electron chi connectivity index (χ4n) is 2.63. The molecule has 3 rings (SSSR count). The van der Waals surface area contributed by atoms with E-state index in [1.54, 1.807) is 7.11 Å². The molecule has 0 aromatic heterocycles. The number of anilines is 1. The Morgan fingerprint density at radius 1 is 0.889 bits per heavy atom. The lowest BCUT2D eigenvalue weighted by Gasteiger charge is -2.15. The highest BCUT2D eigenvalue weighted by Crippen LogP contribution is 2.37. The van der Waals surface area contributed by atoms with Gasteiger partial charge in [0.15, 0.2) is 11.5 Å². The molecule has 0 spiro atoms. The lowest BCUT2D eigenvalue weighted by Crippen LogP contribution is -2.02. The lowest BCUT2D eigenvalue weighted by atomic mass is 10.1. The third-order valence-electron chi connectivity index (χ3n) is 4.13. The highest BCUT2D eigenvalue weighted by molar-refractivity contribution is 6.32. The van der Waals surface area contributed by atoms with Gasteiger partial charge in [0.1, 0.15) is 6.61 Å². The molecule has 5 heteroatoms. The standard InChI is InChI=1S/C22H21Cl2NO2/c1-15-3-5-16(6-4-15)14-27-22-20(24)11-17(12-21(22)26-2)13-25-19-9-7-18(23)8-10-19/h3-12,25H,13-14H2,1-2H3. The summed E-state index contributed by atoms with van der Waals surface area (Å²) in [5.74, 6) is 1.16. The first-order chi connectivity index (χ1) is 13.0. The van der Waals surface area contributed by atoms with E-state index in [4.69, 9.17) is 32.7 Å². The van der Waals surface area contributed by atoms with Crippen molar-refractivity contribution in [2.75, 3.05) is 12.4 Å². The number of methoxy groups -OCH3 is 1. The summed E-state index contributed by atoms with van der Waals surface area (Å²) in [4.78, 5) is 0. The van der Waals surface area contributed by atoms with Crippen LogP contribution in [-0.2, 0) is 13.2 Å². The maximum absolute atomic E-state index is 6.46. The number of aryl methyl sites for hydroxylation is 1. The molecule has 0 saturated carbocycles. The van der Waals surface area contributed by atoms with Crippen molar-refractivity contribution < 1.29 is 9.47 Å². The molecule has 3 aromatic rings. The van der Waals surface area contributed by atoms with E-state index in [9.17, 15) is 0 Å². The molecule has 0 amide bonds. The van der Waals surface area contributed by atoms with E-state index in [1.165, 1.54) is 5.56 Å². The van der Waals surface area contributed by atoms with Crippen LogP contribution >= 0.6 is 23.2 Å². The first kappa shape index (κ1) is 19.4. The molecule has 0 aliphatic carbocycles. The van der Waals surface area contributed by atoms with Crippen LogP contribution < -0.4 is 14.8 Å². The van der Waals surface area contributed by atoms with Crippen molar-refractivity contribution in [3.63, 3.8) is 0 Å². The molecule has 140 valence electrons. The Morgan fingerprint density at radius 2 is 1.59 bits per heavy atom. The zero-order valence-corrected chi connectivity index (χ0v) is 16.8. The van der Waals surface area contributed by atoms with E-state index in [1.807, 2.05) is 48.5 Å². The van der Waals surface area contributed by atoms with E-state index >= 15 is 0 Å². The van der Waals surface area contributed by atoms with Crippen molar-refractivity contribution >= 4 is 28.9 Å². The number of ether oxygens (including phenoxy) is 2. The molecule has 0 unspecified atom stereocenters. The molecule has 3 nitrogen and oxygen atoms in total. The van der Waals surface area contributed by atoms with Crippen LogP contribution in [0.25, 0.3) is 0 Å². The molecular formula is C22H21Cl2NO2. The number of hydrogen-bond donors (Lipinski definition) is 1. The maximum atomic E-state index is 6.46. The monoisotopic (exact) mass is 401 g/mol. The summed E-state index contributed by atoms with van der Waals surface area (Å²) in [6, 6.07) is 19.6. The topological polar surface area (TPSA) is 30.5 Å². The predicted octanol–water partition coefficient (Wildman–Crippen LogP) is 6.50. The van der Waals surface area contributed by atoms with Gasteiger partial charge in [-0.25, -0.2) is 0 Å².